The van der Waals surface area contributed by atoms with Crippen LogP contribution in [0, 0.1) is 0 Å². The number of rotatable bonds is 8. The van der Waals surface area contributed by atoms with E-state index in [0.29, 0.717) is 9.90 Å². The molecule has 1 N–H and O–H groups in total. The summed E-state index contributed by atoms with van der Waals surface area (Å²) < 4.78 is 92.8. The summed E-state index contributed by atoms with van der Waals surface area (Å²) >= 11 is 6.65. The lowest BCUT2D eigenvalue weighted by atomic mass is 10.2. The van der Waals surface area contributed by atoms with Crippen molar-refractivity contribution in [2.45, 2.75) is 22.6 Å². The van der Waals surface area contributed by atoms with Gasteiger partial charge in [0.05, 0.1) is 21.7 Å². The highest BCUT2D eigenvalue weighted by Crippen LogP contribution is 2.26. The second-order valence-electron chi connectivity index (χ2n) is 6.31. The highest BCUT2D eigenvalue weighted by Gasteiger charge is 2.31. The number of anilines is 1. The molecule has 0 saturated heterocycles. The summed E-state index contributed by atoms with van der Waals surface area (Å²) in [7, 11) is -7.75. The highest BCUT2D eigenvalue weighted by atomic mass is 35.5. The number of nitrogens with one attached hydrogen (secondary N) is 1. The van der Waals surface area contributed by atoms with Gasteiger partial charge in [0.1, 0.15) is 10.1 Å². The van der Waals surface area contributed by atoms with Crippen molar-refractivity contribution in [2.75, 3.05) is 10.5 Å². The van der Waals surface area contributed by atoms with Crippen molar-refractivity contribution in [3.8, 4) is 5.75 Å². The Bertz CT molecular complexity index is 1290. The second-order valence-corrected chi connectivity index (χ2v) is 11.8. The van der Waals surface area contributed by atoms with E-state index in [0.717, 1.165) is 35.6 Å². The third-order valence-electron chi connectivity index (χ3n) is 4.01. The van der Waals surface area contributed by atoms with Gasteiger partial charge in [0, 0.05) is 0 Å². The molecule has 0 bridgehead atoms. The minimum Gasteiger partial charge on any atom is -0.406 e. The third kappa shape index (κ3) is 6.58. The average Bonchev–Trinajstić information content (AvgIpc) is 3.10. The molecule has 1 aromatic heterocycles. The topological polar surface area (TPSA) is 102 Å². The van der Waals surface area contributed by atoms with Crippen molar-refractivity contribution < 1.29 is 34.7 Å². The zero-order chi connectivity index (χ0) is 23.6. The minimum atomic E-state index is -4.81. The van der Waals surface area contributed by atoms with E-state index in [-0.39, 0.29) is 27.1 Å². The monoisotopic (exact) mass is 526 g/mol. The molecular weight excluding hydrogens is 513 g/mol. The van der Waals surface area contributed by atoms with Gasteiger partial charge in [-0.25, -0.2) is 21.8 Å². The Morgan fingerprint density at radius 3 is 2.09 bits per heavy atom. The lowest BCUT2D eigenvalue weighted by molar-refractivity contribution is -0.274. The number of hydrogen-bond acceptors (Lipinski definition) is 7. The summed E-state index contributed by atoms with van der Waals surface area (Å²) in [6.45, 7) is 0. The molecule has 0 amide bonds. The number of halogens is 4. The van der Waals surface area contributed by atoms with E-state index in [4.69, 9.17) is 11.6 Å². The Labute approximate surface area is 190 Å². The van der Waals surface area contributed by atoms with Crippen molar-refractivity contribution in [3.63, 3.8) is 0 Å². The Morgan fingerprint density at radius 2 is 1.56 bits per heavy atom. The van der Waals surface area contributed by atoms with Crippen molar-refractivity contribution in [3.05, 3.63) is 64.6 Å². The van der Waals surface area contributed by atoms with Gasteiger partial charge in [0.2, 0.25) is 0 Å². The van der Waals surface area contributed by atoms with Gasteiger partial charge in [-0.1, -0.05) is 35.1 Å². The molecule has 172 valence electrons. The van der Waals surface area contributed by atoms with E-state index in [9.17, 15) is 30.0 Å². The predicted molar refractivity (Wildman–Crippen MR) is 113 cm³/mol. The van der Waals surface area contributed by atoms with Crippen molar-refractivity contribution in [1.82, 2.24) is 4.98 Å². The van der Waals surface area contributed by atoms with Crippen LogP contribution in [0.2, 0.25) is 4.34 Å². The van der Waals surface area contributed by atoms with Crippen LogP contribution in [-0.4, -0.2) is 33.9 Å². The number of ether oxygens (including phenoxy) is 1. The van der Waals surface area contributed by atoms with Crippen LogP contribution in [-0.2, 0) is 26.3 Å². The molecule has 0 atom stereocenters. The Morgan fingerprint density at radius 1 is 0.969 bits per heavy atom. The molecule has 0 aliphatic heterocycles. The Hall–Kier alpha value is -2.35. The van der Waals surface area contributed by atoms with Crippen LogP contribution in [0.15, 0.2) is 64.5 Å². The number of aromatic nitrogens is 1. The fourth-order valence-electron chi connectivity index (χ4n) is 2.53. The summed E-state index contributed by atoms with van der Waals surface area (Å²) in [5.74, 6) is -0.733. The summed E-state index contributed by atoms with van der Waals surface area (Å²) in [6, 6.07) is 9.49. The van der Waals surface area contributed by atoms with Crippen LogP contribution in [0.4, 0.5) is 18.3 Å². The molecule has 1 heterocycles. The average molecular weight is 527 g/mol. The van der Waals surface area contributed by atoms with E-state index in [2.05, 4.69) is 14.4 Å². The van der Waals surface area contributed by atoms with E-state index >= 15 is 0 Å². The van der Waals surface area contributed by atoms with Crippen molar-refractivity contribution >= 4 is 47.9 Å². The number of nitrogens with zero attached hydrogens (tertiary/aromatic N) is 1. The molecule has 0 fully saturated rings. The first kappa shape index (κ1) is 24.3. The highest BCUT2D eigenvalue weighted by molar-refractivity contribution is 7.93. The van der Waals surface area contributed by atoms with E-state index in [1.165, 1.54) is 30.5 Å². The molecule has 3 rings (SSSR count). The number of sulfone groups is 1. The zero-order valence-corrected chi connectivity index (χ0v) is 19.0. The van der Waals surface area contributed by atoms with E-state index < -0.39 is 32.0 Å². The molecule has 0 saturated carbocycles. The van der Waals surface area contributed by atoms with Gasteiger partial charge in [0.25, 0.3) is 10.0 Å². The van der Waals surface area contributed by atoms with E-state index in [1.54, 1.807) is 0 Å². The molecule has 0 aliphatic rings. The van der Waals surface area contributed by atoms with Crippen LogP contribution in [0.1, 0.15) is 5.56 Å². The van der Waals surface area contributed by atoms with Crippen LogP contribution in [0.25, 0.3) is 0 Å². The molecule has 14 heteroatoms. The molecule has 0 radical (unpaired) electrons. The molecular formula is C18H14ClF3N2O5S3. The van der Waals surface area contributed by atoms with Crippen LogP contribution in [0.5, 0.6) is 5.75 Å². The largest absolute Gasteiger partial charge is 0.573 e. The molecule has 32 heavy (non-hydrogen) atoms. The van der Waals surface area contributed by atoms with Crippen LogP contribution >= 0.6 is 22.9 Å². The van der Waals surface area contributed by atoms with Gasteiger partial charge in [-0.2, -0.15) is 0 Å². The molecule has 3 aromatic rings. The minimum absolute atomic E-state index is 0.0427. The third-order valence-corrected chi connectivity index (χ3v) is 8.26. The smallest absolute Gasteiger partial charge is 0.406 e. The van der Waals surface area contributed by atoms with Gasteiger partial charge >= 0.3 is 6.36 Å². The van der Waals surface area contributed by atoms with Gasteiger partial charge in [-0.15, -0.1) is 13.2 Å². The molecule has 0 aliphatic carbocycles. The number of aryl methyl sites for hydroxylation is 1. The Kier molecular flexibility index (Phi) is 7.03. The number of alkyl halides is 3. The fraction of sp³-hybridized carbons (Fsp3) is 0.167. The van der Waals surface area contributed by atoms with Gasteiger partial charge in [-0.3, -0.25) is 4.72 Å². The number of thiazole rings is 1. The van der Waals surface area contributed by atoms with Gasteiger partial charge in [-0.05, 0) is 48.4 Å². The van der Waals surface area contributed by atoms with Gasteiger partial charge < -0.3 is 4.74 Å². The van der Waals surface area contributed by atoms with Crippen LogP contribution < -0.4 is 9.46 Å². The normalized spacial score (nSPS) is 12.5. The standard InChI is InChI=1S/C18H14ClF3N2O5S3/c19-16-11-23-17(30-16)24-32(27,28)15-7-5-14(6-8-15)31(25,26)10-9-12-1-3-13(4-2-12)29-18(20,21)22/h1-8,11H,9-10H2,(H,23,24). The summed E-state index contributed by atoms with van der Waals surface area (Å²) in [4.78, 5) is 3.54. The maximum atomic E-state index is 12.6. The van der Waals surface area contributed by atoms with E-state index in [1.807, 2.05) is 0 Å². The lowest BCUT2D eigenvalue weighted by Gasteiger charge is -2.10. The maximum Gasteiger partial charge on any atom is 0.573 e. The first-order valence-corrected chi connectivity index (χ1v) is 13.0. The maximum absolute atomic E-state index is 12.6. The number of hydrogen-bond donors (Lipinski definition) is 1. The molecule has 2 aromatic carbocycles. The number of benzene rings is 2. The quantitative estimate of drug-likeness (QED) is 0.463. The lowest BCUT2D eigenvalue weighted by Crippen LogP contribution is -2.17. The van der Waals surface area contributed by atoms with Crippen molar-refractivity contribution in [2.24, 2.45) is 0 Å². The predicted octanol–water partition coefficient (Wildman–Crippen LogP) is 4.51. The first-order chi connectivity index (χ1) is 14.8. The molecule has 0 unspecified atom stereocenters. The summed E-state index contributed by atoms with van der Waals surface area (Å²) in [5, 5.41) is 0.0679. The Balaban J connectivity index is 1.66. The SMILES string of the molecule is O=S(=O)(CCc1ccc(OC(F)(F)F)cc1)c1ccc(S(=O)(=O)Nc2ncc(Cl)s2)cc1. The second kappa shape index (κ2) is 9.25. The summed E-state index contributed by atoms with van der Waals surface area (Å²) in [5.41, 5.74) is 0.494. The fourth-order valence-corrected chi connectivity index (χ4v) is 5.87. The van der Waals surface area contributed by atoms with Crippen molar-refractivity contribution in [1.29, 1.82) is 0 Å². The van der Waals surface area contributed by atoms with Gasteiger partial charge in [0.15, 0.2) is 15.0 Å². The van der Waals surface area contributed by atoms with Crippen LogP contribution in [0.3, 0.4) is 0 Å². The molecule has 7 nitrogen and oxygen atoms in total. The summed E-state index contributed by atoms with van der Waals surface area (Å²) in [6.07, 6.45) is -3.48. The zero-order valence-electron chi connectivity index (χ0n) is 15.8. The molecule has 0 spiro atoms. The number of sulfonamides is 1. The first-order valence-electron chi connectivity index (χ1n) is 8.66.